The Morgan fingerprint density at radius 2 is 1.74 bits per heavy atom. The van der Waals surface area contributed by atoms with Gasteiger partial charge in [0.05, 0.1) is 23.7 Å². The minimum Gasteiger partial charge on any atom is -0.461 e. The fraction of sp³-hybridized carbons (Fsp3) is 0.0500. The molecular formula is C20H13F2N3O2. The first-order valence-corrected chi connectivity index (χ1v) is 8.10. The van der Waals surface area contributed by atoms with E-state index < -0.39 is 23.1 Å². The predicted octanol–water partition coefficient (Wildman–Crippen LogP) is 4.73. The highest BCUT2D eigenvalue weighted by atomic mass is 19.1. The average Bonchev–Trinajstić information content (AvgIpc) is 2.98. The Hall–Kier alpha value is -3.61. The average molecular weight is 365 g/mol. The minimum absolute atomic E-state index is 0.0804. The largest absolute Gasteiger partial charge is 0.461 e. The Bertz CT molecular complexity index is 1130. The fourth-order valence-electron chi connectivity index (χ4n) is 2.90. The lowest BCUT2D eigenvalue weighted by Gasteiger charge is -2.07. The summed E-state index contributed by atoms with van der Waals surface area (Å²) in [5, 5.41) is 3.25. The Balaban J connectivity index is 1.63. The van der Waals surface area contributed by atoms with Crippen molar-refractivity contribution in [1.29, 1.82) is 0 Å². The molecule has 27 heavy (non-hydrogen) atoms. The maximum atomic E-state index is 13.7. The van der Waals surface area contributed by atoms with Crippen molar-refractivity contribution in [3.63, 3.8) is 0 Å². The van der Waals surface area contributed by atoms with E-state index in [2.05, 4.69) is 15.3 Å². The molecule has 0 radical (unpaired) electrons. The molecular weight excluding hydrogens is 352 g/mol. The van der Waals surface area contributed by atoms with Crippen LogP contribution in [0.4, 0.5) is 14.6 Å². The maximum Gasteiger partial charge on any atom is 0.262 e. The molecule has 0 aliphatic carbocycles. The number of hydrogen-bond acceptors (Lipinski definition) is 4. The number of benzene rings is 2. The number of fused-ring (bicyclic) bond motifs is 1. The third-order valence-corrected chi connectivity index (χ3v) is 4.11. The van der Waals surface area contributed by atoms with E-state index >= 15 is 0 Å². The first-order valence-electron chi connectivity index (χ1n) is 8.10. The molecule has 1 N–H and O–H groups in total. The van der Waals surface area contributed by atoms with Crippen LogP contribution in [0.25, 0.3) is 22.2 Å². The summed E-state index contributed by atoms with van der Waals surface area (Å²) in [5.41, 5.74) is 1.43. The fourth-order valence-corrected chi connectivity index (χ4v) is 2.90. The van der Waals surface area contributed by atoms with E-state index in [4.69, 9.17) is 4.42 Å². The number of nitrogens with one attached hydrogen (secondary N) is 1. The van der Waals surface area contributed by atoms with Crippen molar-refractivity contribution in [3.05, 3.63) is 77.8 Å². The van der Waals surface area contributed by atoms with Gasteiger partial charge in [0.25, 0.3) is 5.91 Å². The quantitative estimate of drug-likeness (QED) is 0.570. The number of carbonyl (C=O) groups is 1. The number of rotatable bonds is 3. The van der Waals surface area contributed by atoms with Crippen molar-refractivity contribution >= 4 is 22.7 Å². The van der Waals surface area contributed by atoms with Crippen LogP contribution in [0.3, 0.4) is 0 Å². The number of anilines is 1. The van der Waals surface area contributed by atoms with Crippen LogP contribution in [0.15, 0.2) is 59.3 Å². The van der Waals surface area contributed by atoms with Gasteiger partial charge in [-0.2, -0.15) is 0 Å². The van der Waals surface area contributed by atoms with Gasteiger partial charge in [0.2, 0.25) is 0 Å². The van der Waals surface area contributed by atoms with Crippen molar-refractivity contribution in [1.82, 2.24) is 9.97 Å². The van der Waals surface area contributed by atoms with Gasteiger partial charge in [-0.3, -0.25) is 9.78 Å². The summed E-state index contributed by atoms with van der Waals surface area (Å²) in [4.78, 5) is 20.5. The third kappa shape index (κ3) is 3.03. The zero-order valence-electron chi connectivity index (χ0n) is 14.2. The van der Waals surface area contributed by atoms with E-state index in [0.717, 1.165) is 28.7 Å². The van der Waals surface area contributed by atoms with Crippen LogP contribution in [-0.2, 0) is 0 Å². The molecule has 0 bridgehead atoms. The Morgan fingerprint density at radius 3 is 2.44 bits per heavy atom. The van der Waals surface area contributed by atoms with Crippen LogP contribution < -0.4 is 5.32 Å². The lowest BCUT2D eigenvalue weighted by molar-refractivity contribution is 0.101. The second kappa shape index (κ2) is 6.60. The van der Waals surface area contributed by atoms with Crippen LogP contribution in [0.2, 0.25) is 0 Å². The molecule has 0 aliphatic rings. The first-order chi connectivity index (χ1) is 13.0. The molecule has 0 aliphatic heterocycles. The van der Waals surface area contributed by atoms with Crippen LogP contribution in [0, 0.1) is 18.6 Å². The van der Waals surface area contributed by atoms with Gasteiger partial charge in [0.1, 0.15) is 28.5 Å². The zero-order chi connectivity index (χ0) is 19.0. The number of furan rings is 1. The SMILES string of the molecule is Cc1oc2ccccc2c1-c1cnc(NC(=O)c2c(F)cccc2F)cn1. The van der Waals surface area contributed by atoms with Gasteiger partial charge in [0, 0.05) is 5.39 Å². The highest BCUT2D eigenvalue weighted by Gasteiger charge is 2.18. The molecule has 0 saturated heterocycles. The van der Waals surface area contributed by atoms with Crippen molar-refractivity contribution in [2.45, 2.75) is 6.92 Å². The molecule has 5 nitrogen and oxygen atoms in total. The monoisotopic (exact) mass is 365 g/mol. The summed E-state index contributed by atoms with van der Waals surface area (Å²) < 4.78 is 33.1. The second-order valence-corrected chi connectivity index (χ2v) is 5.87. The lowest BCUT2D eigenvalue weighted by atomic mass is 10.1. The molecule has 4 rings (SSSR count). The molecule has 134 valence electrons. The number of amides is 1. The number of halogens is 2. The number of nitrogens with zero attached hydrogens (tertiary/aromatic N) is 2. The summed E-state index contributed by atoms with van der Waals surface area (Å²) >= 11 is 0. The zero-order valence-corrected chi connectivity index (χ0v) is 14.2. The van der Waals surface area contributed by atoms with Crippen molar-refractivity contribution in [3.8, 4) is 11.3 Å². The molecule has 0 saturated carbocycles. The lowest BCUT2D eigenvalue weighted by Crippen LogP contribution is -2.16. The summed E-state index contributed by atoms with van der Waals surface area (Å²) in [6.07, 6.45) is 2.80. The Labute approximate surface area is 152 Å². The highest BCUT2D eigenvalue weighted by Crippen LogP contribution is 2.33. The topological polar surface area (TPSA) is 68.0 Å². The summed E-state index contributed by atoms with van der Waals surface area (Å²) in [6.45, 7) is 1.83. The van der Waals surface area contributed by atoms with E-state index in [-0.39, 0.29) is 5.82 Å². The van der Waals surface area contributed by atoms with E-state index in [1.807, 2.05) is 31.2 Å². The van der Waals surface area contributed by atoms with E-state index in [9.17, 15) is 13.6 Å². The van der Waals surface area contributed by atoms with Gasteiger partial charge in [0.15, 0.2) is 5.82 Å². The van der Waals surface area contributed by atoms with Crippen molar-refractivity contribution in [2.75, 3.05) is 5.32 Å². The number of hydrogen-bond donors (Lipinski definition) is 1. The molecule has 0 spiro atoms. The molecule has 0 fully saturated rings. The Morgan fingerprint density at radius 1 is 1.00 bits per heavy atom. The van der Waals surface area contributed by atoms with Crippen LogP contribution in [0.1, 0.15) is 16.1 Å². The van der Waals surface area contributed by atoms with Gasteiger partial charge >= 0.3 is 0 Å². The van der Waals surface area contributed by atoms with Gasteiger partial charge in [-0.1, -0.05) is 24.3 Å². The number of aromatic nitrogens is 2. The maximum absolute atomic E-state index is 13.7. The Kier molecular flexibility index (Phi) is 4.12. The van der Waals surface area contributed by atoms with Gasteiger partial charge in [-0.15, -0.1) is 0 Å². The van der Waals surface area contributed by atoms with Crippen molar-refractivity contribution < 1.29 is 18.0 Å². The number of carbonyl (C=O) groups excluding carboxylic acids is 1. The van der Waals surface area contributed by atoms with Gasteiger partial charge in [-0.25, -0.2) is 13.8 Å². The molecule has 1 amide bonds. The summed E-state index contributed by atoms with van der Waals surface area (Å²) in [6, 6.07) is 10.8. The van der Waals surface area contributed by atoms with Crippen LogP contribution in [0.5, 0.6) is 0 Å². The highest BCUT2D eigenvalue weighted by molar-refractivity contribution is 6.04. The van der Waals surface area contributed by atoms with Gasteiger partial charge in [-0.05, 0) is 25.1 Å². The summed E-state index contributed by atoms with van der Waals surface area (Å²) in [5.74, 6) is -2.06. The van der Waals surface area contributed by atoms with Crippen LogP contribution >= 0.6 is 0 Å². The van der Waals surface area contributed by atoms with Gasteiger partial charge < -0.3 is 9.73 Å². The first kappa shape index (κ1) is 16.8. The molecule has 2 heterocycles. The standard InChI is InChI=1S/C20H13F2N3O2/c1-11-18(12-5-2-3-8-16(12)27-11)15-9-24-17(10-23-15)25-20(26)19-13(21)6-4-7-14(19)22/h2-10H,1H3,(H,24,25,26). The molecule has 2 aromatic carbocycles. The van der Waals surface area contributed by atoms with E-state index in [1.165, 1.54) is 18.5 Å². The summed E-state index contributed by atoms with van der Waals surface area (Å²) in [7, 11) is 0. The normalized spacial score (nSPS) is 10.9. The number of para-hydroxylation sites is 1. The second-order valence-electron chi connectivity index (χ2n) is 5.87. The number of aryl methyl sites for hydroxylation is 1. The van der Waals surface area contributed by atoms with E-state index in [1.54, 1.807) is 0 Å². The minimum atomic E-state index is -0.947. The van der Waals surface area contributed by atoms with Crippen molar-refractivity contribution in [2.24, 2.45) is 0 Å². The molecule has 0 unspecified atom stereocenters. The smallest absolute Gasteiger partial charge is 0.262 e. The molecule has 7 heteroatoms. The molecule has 2 aromatic heterocycles. The molecule has 0 atom stereocenters. The van der Waals surface area contributed by atoms with Crippen LogP contribution in [-0.4, -0.2) is 15.9 Å². The molecule has 4 aromatic rings. The third-order valence-electron chi connectivity index (χ3n) is 4.11. The predicted molar refractivity (Wildman–Crippen MR) is 96.3 cm³/mol. The van der Waals surface area contributed by atoms with E-state index in [0.29, 0.717) is 11.5 Å².